The van der Waals surface area contributed by atoms with Gasteiger partial charge in [-0.05, 0) is 42.8 Å². The van der Waals surface area contributed by atoms with E-state index in [2.05, 4.69) is 36.1 Å². The van der Waals surface area contributed by atoms with Crippen LogP contribution in [0.25, 0.3) is 0 Å². The molecule has 1 fully saturated rings. The van der Waals surface area contributed by atoms with Crippen LogP contribution in [0.15, 0.2) is 27.8 Å². The predicted molar refractivity (Wildman–Crippen MR) is 119 cm³/mol. The molecule has 158 valence electrons. The number of carbonyl (C=O) groups is 2. The zero-order chi connectivity index (χ0) is 20.3. The second-order valence-corrected chi connectivity index (χ2v) is 9.42. The van der Waals surface area contributed by atoms with Gasteiger partial charge in [0.25, 0.3) is 5.91 Å². The van der Waals surface area contributed by atoms with Crippen LogP contribution in [-0.2, 0) is 4.74 Å². The van der Waals surface area contributed by atoms with Crippen molar-refractivity contribution < 1.29 is 14.3 Å². The van der Waals surface area contributed by atoms with E-state index in [4.69, 9.17) is 4.74 Å². The molecule has 1 N–H and O–H groups in total. The molecule has 0 unspecified atom stereocenters. The molecule has 8 nitrogen and oxygen atoms in total. The van der Waals surface area contributed by atoms with Gasteiger partial charge in [-0.3, -0.25) is 9.78 Å². The van der Waals surface area contributed by atoms with Crippen LogP contribution in [0.4, 0.5) is 16.2 Å². The number of halogens is 1. The van der Waals surface area contributed by atoms with Crippen LogP contribution < -0.4 is 10.2 Å². The van der Waals surface area contributed by atoms with Gasteiger partial charge < -0.3 is 19.9 Å². The van der Waals surface area contributed by atoms with E-state index in [1.165, 1.54) is 11.3 Å². The predicted octanol–water partition coefficient (Wildman–Crippen LogP) is 4.25. The lowest BCUT2D eigenvalue weighted by Crippen LogP contribution is -2.50. The third kappa shape index (κ3) is 6.14. The second kappa shape index (κ2) is 9.53. The van der Waals surface area contributed by atoms with Crippen molar-refractivity contribution in [2.45, 2.75) is 33.8 Å². The fourth-order valence-corrected chi connectivity index (χ4v) is 3.75. The van der Waals surface area contributed by atoms with Crippen molar-refractivity contribution in [3.05, 3.63) is 33.5 Å². The highest BCUT2D eigenvalue weighted by molar-refractivity contribution is 9.11. The molecule has 0 bridgehead atoms. The number of hydrogen-bond acceptors (Lipinski definition) is 7. The summed E-state index contributed by atoms with van der Waals surface area (Å²) in [7, 11) is 0. The minimum absolute atomic E-state index is 0. The Kier molecular flexibility index (Phi) is 7.59. The van der Waals surface area contributed by atoms with Crippen LogP contribution in [0, 0.1) is 0 Å². The van der Waals surface area contributed by atoms with Gasteiger partial charge in [0.05, 0.1) is 17.6 Å². The average molecular weight is 484 g/mol. The Morgan fingerprint density at radius 2 is 1.93 bits per heavy atom. The molecule has 1 aliphatic heterocycles. The molecule has 0 spiro atoms. The molecule has 1 saturated heterocycles. The Morgan fingerprint density at radius 3 is 2.52 bits per heavy atom. The lowest BCUT2D eigenvalue weighted by molar-refractivity contribution is 0.0240. The quantitative estimate of drug-likeness (QED) is 0.701. The maximum atomic E-state index is 12.4. The van der Waals surface area contributed by atoms with Gasteiger partial charge in [-0.2, -0.15) is 0 Å². The summed E-state index contributed by atoms with van der Waals surface area (Å²) in [5, 5.41) is 4.57. The number of ether oxygens (including phenoxy) is 1. The van der Waals surface area contributed by atoms with Crippen molar-refractivity contribution in [3.63, 3.8) is 0 Å². The summed E-state index contributed by atoms with van der Waals surface area (Å²) < 4.78 is 6.09. The Hall–Kier alpha value is -2.20. The van der Waals surface area contributed by atoms with Crippen molar-refractivity contribution in [1.29, 1.82) is 0 Å². The van der Waals surface area contributed by atoms with E-state index >= 15 is 0 Å². The molecule has 2 aromatic heterocycles. The third-order valence-electron chi connectivity index (χ3n) is 4.03. The van der Waals surface area contributed by atoms with E-state index in [0.717, 1.165) is 5.69 Å². The SMILES string of the molecule is C.CC(C)(C)OC(=O)N1CCN(c2ccncc2NC(=O)c2csc(Br)n2)CC1. The number of nitrogens with one attached hydrogen (secondary N) is 1. The number of thiazole rings is 1. The fraction of sp³-hybridized carbons (Fsp3) is 0.474. The summed E-state index contributed by atoms with van der Waals surface area (Å²) >= 11 is 4.61. The minimum atomic E-state index is -0.512. The number of carbonyl (C=O) groups excluding carboxylic acids is 2. The van der Waals surface area contributed by atoms with Gasteiger partial charge in [-0.1, -0.05) is 7.43 Å². The molecule has 2 aromatic rings. The van der Waals surface area contributed by atoms with E-state index in [0.29, 0.717) is 41.5 Å². The molecule has 1 aliphatic rings. The number of piperazine rings is 1. The molecular weight excluding hydrogens is 458 g/mol. The van der Waals surface area contributed by atoms with Gasteiger partial charge in [0.2, 0.25) is 0 Å². The van der Waals surface area contributed by atoms with Crippen molar-refractivity contribution in [3.8, 4) is 0 Å². The highest BCUT2D eigenvalue weighted by Crippen LogP contribution is 2.27. The largest absolute Gasteiger partial charge is 0.444 e. The smallest absolute Gasteiger partial charge is 0.410 e. The molecular formula is C19H26BrN5O3S. The first-order chi connectivity index (χ1) is 13.2. The molecule has 29 heavy (non-hydrogen) atoms. The first-order valence-electron chi connectivity index (χ1n) is 8.82. The molecule has 0 saturated carbocycles. The van der Waals surface area contributed by atoms with Crippen LogP contribution in [0.1, 0.15) is 38.7 Å². The Labute approximate surface area is 183 Å². The van der Waals surface area contributed by atoms with E-state index < -0.39 is 5.60 Å². The van der Waals surface area contributed by atoms with Gasteiger partial charge in [0.15, 0.2) is 3.92 Å². The van der Waals surface area contributed by atoms with Gasteiger partial charge in [0.1, 0.15) is 11.3 Å². The standard InChI is InChI=1S/C18H22BrN5O3S.CH4/c1-18(2,3)27-17(26)24-8-6-23(7-9-24)14-4-5-20-10-12(14)21-15(25)13-11-28-16(19)22-13;/h4-5,10-11H,6-9H2,1-3H3,(H,21,25);1H4. The number of hydrogen-bond donors (Lipinski definition) is 1. The van der Waals surface area contributed by atoms with Gasteiger partial charge in [-0.15, -0.1) is 11.3 Å². The molecule has 3 rings (SSSR count). The van der Waals surface area contributed by atoms with E-state index in [-0.39, 0.29) is 19.4 Å². The topological polar surface area (TPSA) is 87.7 Å². The molecule has 0 radical (unpaired) electrons. The summed E-state index contributed by atoms with van der Waals surface area (Å²) in [6.07, 6.45) is 3.00. The zero-order valence-corrected chi connectivity index (χ0v) is 18.3. The number of anilines is 2. The van der Waals surface area contributed by atoms with Crippen LogP contribution in [-0.4, -0.2) is 58.6 Å². The van der Waals surface area contributed by atoms with Crippen LogP contribution in [0.5, 0.6) is 0 Å². The molecule has 0 aliphatic carbocycles. The summed E-state index contributed by atoms with van der Waals surface area (Å²) in [5.74, 6) is -0.288. The normalized spacial score (nSPS) is 14.2. The lowest BCUT2D eigenvalue weighted by Gasteiger charge is -2.37. The maximum absolute atomic E-state index is 12.4. The first-order valence-corrected chi connectivity index (χ1v) is 10.5. The van der Waals surface area contributed by atoms with Gasteiger partial charge >= 0.3 is 6.09 Å². The highest BCUT2D eigenvalue weighted by atomic mass is 79.9. The highest BCUT2D eigenvalue weighted by Gasteiger charge is 2.27. The Morgan fingerprint density at radius 1 is 1.24 bits per heavy atom. The van der Waals surface area contributed by atoms with E-state index in [1.807, 2.05) is 26.8 Å². The van der Waals surface area contributed by atoms with Crippen molar-refractivity contribution in [2.24, 2.45) is 0 Å². The molecule has 0 atom stereocenters. The maximum Gasteiger partial charge on any atom is 0.410 e. The summed E-state index contributed by atoms with van der Waals surface area (Å²) in [5.41, 5.74) is 1.31. The minimum Gasteiger partial charge on any atom is -0.444 e. The number of rotatable bonds is 3. The summed E-state index contributed by atoms with van der Waals surface area (Å²) in [6.45, 7) is 7.92. The fourth-order valence-electron chi connectivity index (χ4n) is 2.76. The number of pyridine rings is 1. The Balaban J connectivity index is 0.00000300. The summed E-state index contributed by atoms with van der Waals surface area (Å²) in [6, 6.07) is 1.86. The number of aromatic nitrogens is 2. The van der Waals surface area contributed by atoms with Crippen LogP contribution in [0.2, 0.25) is 0 Å². The zero-order valence-electron chi connectivity index (χ0n) is 15.9. The number of nitrogens with zero attached hydrogens (tertiary/aromatic N) is 4. The van der Waals surface area contributed by atoms with Crippen molar-refractivity contribution in [1.82, 2.24) is 14.9 Å². The molecule has 10 heteroatoms. The second-order valence-electron chi connectivity index (χ2n) is 7.29. The van der Waals surface area contributed by atoms with E-state index in [1.54, 1.807) is 22.7 Å². The van der Waals surface area contributed by atoms with Crippen molar-refractivity contribution >= 4 is 50.6 Å². The van der Waals surface area contributed by atoms with Crippen LogP contribution >= 0.6 is 27.3 Å². The summed E-state index contributed by atoms with van der Waals surface area (Å²) in [4.78, 5) is 36.8. The Bertz CT molecular complexity index is 860. The molecule has 3 heterocycles. The average Bonchev–Trinajstić information content (AvgIpc) is 3.07. The lowest BCUT2D eigenvalue weighted by atomic mass is 10.2. The molecule has 0 aromatic carbocycles. The van der Waals surface area contributed by atoms with Gasteiger partial charge in [0, 0.05) is 37.8 Å². The number of amides is 2. The van der Waals surface area contributed by atoms with E-state index in [9.17, 15) is 9.59 Å². The molecule has 2 amide bonds. The monoisotopic (exact) mass is 483 g/mol. The van der Waals surface area contributed by atoms with Gasteiger partial charge in [-0.25, -0.2) is 9.78 Å². The van der Waals surface area contributed by atoms with Crippen LogP contribution in [0.3, 0.4) is 0 Å². The van der Waals surface area contributed by atoms with Crippen molar-refractivity contribution in [2.75, 3.05) is 36.4 Å². The third-order valence-corrected chi connectivity index (χ3v) is 5.39. The first kappa shape index (κ1) is 23.1.